The maximum absolute atomic E-state index is 12.0. The summed E-state index contributed by atoms with van der Waals surface area (Å²) in [5.41, 5.74) is -0.309. The van der Waals surface area contributed by atoms with Crippen LogP contribution < -0.4 is 0 Å². The molecule has 0 amide bonds. The zero-order chi connectivity index (χ0) is 9.90. The number of aliphatic hydroxyl groups is 1. The molecule has 0 aliphatic carbocycles. The van der Waals surface area contributed by atoms with Crippen molar-refractivity contribution in [3.8, 4) is 6.07 Å². The molecule has 3 nitrogen and oxygen atoms in total. The number of rotatable bonds is 3. The molecule has 2 unspecified atom stereocenters. The maximum atomic E-state index is 12.0. The monoisotopic (exact) mass is 186 g/mol. The Hall–Kier alpha value is -0.660. The summed E-state index contributed by atoms with van der Waals surface area (Å²) in [6.07, 6.45) is -0.0938. The molecule has 1 N–H and O–H groups in total. The number of nitriles is 1. The normalized spacial score (nSPS) is 31.5. The van der Waals surface area contributed by atoms with E-state index in [4.69, 9.17) is 10.4 Å². The van der Waals surface area contributed by atoms with Crippen molar-refractivity contribution in [2.24, 2.45) is 5.41 Å². The molecule has 0 spiro atoms. The average molecular weight is 186 g/mol. The van der Waals surface area contributed by atoms with Gasteiger partial charge in [0, 0.05) is 13.1 Å². The summed E-state index contributed by atoms with van der Waals surface area (Å²) in [5.74, 6) is 0. The lowest BCUT2D eigenvalue weighted by Crippen LogP contribution is -2.33. The highest BCUT2D eigenvalue weighted by Gasteiger charge is 2.34. The lowest BCUT2D eigenvalue weighted by molar-refractivity contribution is 0.0969. The Balaban J connectivity index is 2.38. The van der Waals surface area contributed by atoms with Crippen molar-refractivity contribution in [1.82, 2.24) is 4.90 Å². The smallest absolute Gasteiger partial charge is 0.117 e. The van der Waals surface area contributed by atoms with Crippen LogP contribution in [0.15, 0.2) is 0 Å². The van der Waals surface area contributed by atoms with Gasteiger partial charge in [0.05, 0.1) is 17.6 Å². The van der Waals surface area contributed by atoms with E-state index in [0.717, 1.165) is 13.0 Å². The second-order valence-corrected chi connectivity index (χ2v) is 3.97. The second-order valence-electron chi connectivity index (χ2n) is 3.97. The predicted molar refractivity (Wildman–Crippen MR) is 46.8 cm³/mol. The summed E-state index contributed by atoms with van der Waals surface area (Å²) < 4.78 is 12.0. The molecular formula is C9H15FN2O. The van der Waals surface area contributed by atoms with Crippen LogP contribution in [-0.2, 0) is 0 Å². The van der Waals surface area contributed by atoms with Crippen molar-refractivity contribution in [1.29, 1.82) is 5.26 Å². The fourth-order valence-electron chi connectivity index (χ4n) is 1.65. The van der Waals surface area contributed by atoms with E-state index in [2.05, 4.69) is 6.07 Å². The van der Waals surface area contributed by atoms with Crippen LogP contribution in [0.4, 0.5) is 4.39 Å². The Morgan fingerprint density at radius 3 is 2.92 bits per heavy atom. The molecule has 1 rings (SSSR count). The van der Waals surface area contributed by atoms with E-state index in [0.29, 0.717) is 13.1 Å². The van der Waals surface area contributed by atoms with Gasteiger partial charge in [0.1, 0.15) is 6.67 Å². The Morgan fingerprint density at radius 1 is 1.77 bits per heavy atom. The first-order valence-electron chi connectivity index (χ1n) is 4.47. The van der Waals surface area contributed by atoms with Crippen LogP contribution in [0.5, 0.6) is 0 Å². The molecular weight excluding hydrogens is 171 g/mol. The van der Waals surface area contributed by atoms with Crippen LogP contribution in [-0.4, -0.2) is 42.4 Å². The molecule has 1 aliphatic rings. The number of alkyl halides is 1. The molecule has 1 fully saturated rings. The average Bonchev–Trinajstić information content (AvgIpc) is 2.48. The van der Waals surface area contributed by atoms with Crippen LogP contribution in [0, 0.1) is 16.7 Å². The molecule has 74 valence electrons. The first-order chi connectivity index (χ1) is 6.09. The summed E-state index contributed by atoms with van der Waals surface area (Å²) in [7, 11) is 0. The summed E-state index contributed by atoms with van der Waals surface area (Å²) in [4.78, 5) is 1.94. The number of hydrogen-bond donors (Lipinski definition) is 1. The van der Waals surface area contributed by atoms with E-state index in [9.17, 15) is 4.39 Å². The third-order valence-electron chi connectivity index (χ3n) is 2.47. The first-order valence-corrected chi connectivity index (χ1v) is 4.47. The molecule has 0 radical (unpaired) electrons. The van der Waals surface area contributed by atoms with Gasteiger partial charge < -0.3 is 5.11 Å². The SMILES string of the molecule is CC1(C#N)CCN(CC(O)CF)C1. The lowest BCUT2D eigenvalue weighted by Gasteiger charge is -2.19. The third-order valence-corrected chi connectivity index (χ3v) is 2.47. The van der Waals surface area contributed by atoms with E-state index in [1.807, 2.05) is 11.8 Å². The summed E-state index contributed by atoms with van der Waals surface area (Å²) >= 11 is 0. The number of aliphatic hydroxyl groups excluding tert-OH is 1. The first kappa shape index (κ1) is 10.4. The summed E-state index contributed by atoms with van der Waals surface area (Å²) in [5, 5.41) is 17.9. The van der Waals surface area contributed by atoms with Crippen LogP contribution in [0.1, 0.15) is 13.3 Å². The molecule has 1 heterocycles. The Kier molecular flexibility index (Phi) is 3.23. The highest BCUT2D eigenvalue weighted by Crippen LogP contribution is 2.28. The minimum absolute atomic E-state index is 0.309. The van der Waals surface area contributed by atoms with Gasteiger partial charge in [0.15, 0.2) is 0 Å². The second kappa shape index (κ2) is 4.03. The fraction of sp³-hybridized carbons (Fsp3) is 0.889. The van der Waals surface area contributed by atoms with Gasteiger partial charge in [-0.05, 0) is 19.9 Å². The third kappa shape index (κ3) is 2.64. The molecule has 4 heteroatoms. The van der Waals surface area contributed by atoms with Gasteiger partial charge in [-0.3, -0.25) is 4.90 Å². The molecule has 0 bridgehead atoms. The van der Waals surface area contributed by atoms with Crippen molar-refractivity contribution >= 4 is 0 Å². The minimum atomic E-state index is -0.902. The molecule has 0 aromatic carbocycles. The van der Waals surface area contributed by atoms with E-state index < -0.39 is 12.8 Å². The topological polar surface area (TPSA) is 47.3 Å². The van der Waals surface area contributed by atoms with Crippen LogP contribution in [0.2, 0.25) is 0 Å². The molecule has 1 saturated heterocycles. The number of nitrogens with zero attached hydrogens (tertiary/aromatic N) is 2. The number of likely N-dealkylation sites (tertiary alicyclic amines) is 1. The van der Waals surface area contributed by atoms with Crippen LogP contribution >= 0.6 is 0 Å². The van der Waals surface area contributed by atoms with Crippen molar-refractivity contribution in [2.75, 3.05) is 26.3 Å². The van der Waals surface area contributed by atoms with Gasteiger partial charge >= 0.3 is 0 Å². The highest BCUT2D eigenvalue weighted by atomic mass is 19.1. The standard InChI is InChI=1S/C9H15FN2O/c1-9(6-11)2-3-12(7-9)5-8(13)4-10/h8,13H,2-5,7H2,1H3. The predicted octanol–water partition coefficient (Wildman–Crippen LogP) is 0.552. The van der Waals surface area contributed by atoms with Crippen LogP contribution in [0.25, 0.3) is 0 Å². The van der Waals surface area contributed by atoms with Gasteiger partial charge in [-0.25, -0.2) is 4.39 Å². The molecule has 0 aromatic heterocycles. The van der Waals surface area contributed by atoms with Gasteiger partial charge in [-0.1, -0.05) is 0 Å². The molecule has 0 aromatic rings. The van der Waals surface area contributed by atoms with E-state index >= 15 is 0 Å². The molecule has 13 heavy (non-hydrogen) atoms. The number of β-amino-alcohol motifs (C(OH)–C–C–N with tert-alkyl or cyclic N) is 1. The van der Waals surface area contributed by atoms with E-state index in [1.54, 1.807) is 0 Å². The van der Waals surface area contributed by atoms with Crippen molar-refractivity contribution < 1.29 is 9.50 Å². The number of hydrogen-bond acceptors (Lipinski definition) is 3. The highest BCUT2D eigenvalue weighted by molar-refractivity contribution is 5.02. The molecule has 0 saturated carbocycles. The Labute approximate surface area is 77.8 Å². The zero-order valence-electron chi connectivity index (χ0n) is 7.83. The van der Waals surface area contributed by atoms with Crippen molar-refractivity contribution in [3.05, 3.63) is 0 Å². The lowest BCUT2D eigenvalue weighted by atomic mass is 9.92. The van der Waals surface area contributed by atoms with Gasteiger partial charge in [0.2, 0.25) is 0 Å². The van der Waals surface area contributed by atoms with Gasteiger partial charge in [-0.15, -0.1) is 0 Å². The molecule has 2 atom stereocenters. The zero-order valence-corrected chi connectivity index (χ0v) is 7.83. The van der Waals surface area contributed by atoms with Crippen molar-refractivity contribution in [2.45, 2.75) is 19.4 Å². The fourth-order valence-corrected chi connectivity index (χ4v) is 1.65. The Morgan fingerprint density at radius 2 is 2.46 bits per heavy atom. The quantitative estimate of drug-likeness (QED) is 0.700. The summed E-state index contributed by atoms with van der Waals surface area (Å²) in [6.45, 7) is 2.95. The van der Waals surface area contributed by atoms with Gasteiger partial charge in [-0.2, -0.15) is 5.26 Å². The largest absolute Gasteiger partial charge is 0.389 e. The van der Waals surface area contributed by atoms with E-state index in [1.165, 1.54) is 0 Å². The minimum Gasteiger partial charge on any atom is -0.389 e. The maximum Gasteiger partial charge on any atom is 0.117 e. The van der Waals surface area contributed by atoms with Crippen LogP contribution in [0.3, 0.4) is 0 Å². The Bertz CT molecular complexity index is 216. The summed E-state index contributed by atoms with van der Waals surface area (Å²) in [6, 6.07) is 2.24. The van der Waals surface area contributed by atoms with Crippen molar-refractivity contribution in [3.63, 3.8) is 0 Å². The van der Waals surface area contributed by atoms with E-state index in [-0.39, 0.29) is 5.41 Å². The number of halogens is 1. The van der Waals surface area contributed by atoms with Gasteiger partial charge in [0.25, 0.3) is 0 Å². The molecule has 1 aliphatic heterocycles.